The van der Waals surface area contributed by atoms with Gasteiger partial charge in [0.25, 0.3) is 5.91 Å². The Balaban J connectivity index is 1.58. The van der Waals surface area contributed by atoms with Crippen molar-refractivity contribution in [1.29, 1.82) is 0 Å². The van der Waals surface area contributed by atoms with Gasteiger partial charge in [-0.15, -0.1) is 0 Å². The summed E-state index contributed by atoms with van der Waals surface area (Å²) >= 11 is 0. The summed E-state index contributed by atoms with van der Waals surface area (Å²) < 4.78 is 13.1. The molecule has 0 atom stereocenters. The van der Waals surface area contributed by atoms with Gasteiger partial charge in [-0.1, -0.05) is 0 Å². The molecule has 3 rings (SSSR count). The topological polar surface area (TPSA) is 64.6 Å². The highest BCUT2D eigenvalue weighted by Gasteiger charge is 2.19. The lowest BCUT2D eigenvalue weighted by Gasteiger charge is -2.36. The second-order valence-corrected chi connectivity index (χ2v) is 6.77. The SMILES string of the molecule is CN(C)CCNC(=O)c1cc(N2CCN(c3ccc(F)cc3)CC2)ncn1. The van der Waals surface area contributed by atoms with Crippen LogP contribution < -0.4 is 15.1 Å². The summed E-state index contributed by atoms with van der Waals surface area (Å²) in [6.07, 6.45) is 1.43. The van der Waals surface area contributed by atoms with E-state index < -0.39 is 0 Å². The molecule has 27 heavy (non-hydrogen) atoms. The molecule has 2 aromatic rings. The number of piperazine rings is 1. The van der Waals surface area contributed by atoms with Gasteiger partial charge in [0.05, 0.1) is 0 Å². The number of hydrogen-bond acceptors (Lipinski definition) is 6. The third-order valence-electron chi connectivity index (χ3n) is 4.53. The van der Waals surface area contributed by atoms with Gasteiger partial charge in [0.2, 0.25) is 0 Å². The van der Waals surface area contributed by atoms with Crippen LogP contribution in [0.5, 0.6) is 0 Å². The van der Waals surface area contributed by atoms with Crippen LogP contribution in [0.4, 0.5) is 15.9 Å². The van der Waals surface area contributed by atoms with Gasteiger partial charge in [-0.25, -0.2) is 14.4 Å². The first-order valence-corrected chi connectivity index (χ1v) is 9.03. The maximum absolute atomic E-state index is 13.1. The van der Waals surface area contributed by atoms with E-state index in [-0.39, 0.29) is 11.7 Å². The van der Waals surface area contributed by atoms with Crippen LogP contribution in [0.3, 0.4) is 0 Å². The minimum Gasteiger partial charge on any atom is -0.368 e. The standard InChI is InChI=1S/C19H25FN6O/c1-24(2)8-7-21-19(27)17-13-18(23-14-22-17)26-11-9-25(10-12-26)16-5-3-15(20)4-6-16/h3-6,13-14H,7-12H2,1-2H3,(H,21,27). The molecule has 7 nitrogen and oxygen atoms in total. The number of benzene rings is 1. The molecule has 1 aromatic heterocycles. The number of nitrogens with one attached hydrogen (secondary N) is 1. The van der Waals surface area contributed by atoms with E-state index in [4.69, 9.17) is 0 Å². The van der Waals surface area contributed by atoms with Crippen LogP contribution in [-0.4, -0.2) is 74.1 Å². The molecular weight excluding hydrogens is 347 g/mol. The van der Waals surface area contributed by atoms with Crippen molar-refractivity contribution in [2.24, 2.45) is 0 Å². The van der Waals surface area contributed by atoms with Crippen LogP contribution in [0.15, 0.2) is 36.7 Å². The number of nitrogens with zero attached hydrogens (tertiary/aromatic N) is 5. The number of rotatable bonds is 6. The molecule has 0 radical (unpaired) electrons. The van der Waals surface area contributed by atoms with Crippen molar-refractivity contribution in [3.8, 4) is 0 Å². The molecule has 1 aromatic carbocycles. The molecule has 0 saturated carbocycles. The third-order valence-corrected chi connectivity index (χ3v) is 4.53. The van der Waals surface area contributed by atoms with E-state index in [1.165, 1.54) is 18.5 Å². The van der Waals surface area contributed by atoms with Crippen molar-refractivity contribution in [3.05, 3.63) is 48.2 Å². The van der Waals surface area contributed by atoms with Gasteiger partial charge in [-0.3, -0.25) is 4.79 Å². The fraction of sp³-hybridized carbons (Fsp3) is 0.421. The van der Waals surface area contributed by atoms with Crippen molar-refractivity contribution in [1.82, 2.24) is 20.2 Å². The van der Waals surface area contributed by atoms with Gasteiger partial charge in [-0.05, 0) is 38.4 Å². The van der Waals surface area contributed by atoms with E-state index in [1.807, 2.05) is 19.0 Å². The molecule has 1 aliphatic heterocycles. The molecule has 2 heterocycles. The lowest BCUT2D eigenvalue weighted by molar-refractivity contribution is 0.0946. The predicted octanol–water partition coefficient (Wildman–Crippen LogP) is 1.23. The molecule has 0 aliphatic carbocycles. The number of amides is 1. The number of carbonyl (C=O) groups is 1. The molecule has 0 unspecified atom stereocenters. The smallest absolute Gasteiger partial charge is 0.270 e. The van der Waals surface area contributed by atoms with Gasteiger partial charge < -0.3 is 20.0 Å². The first-order valence-electron chi connectivity index (χ1n) is 9.03. The third kappa shape index (κ3) is 5.13. The molecule has 1 fully saturated rings. The van der Waals surface area contributed by atoms with Gasteiger partial charge in [0, 0.05) is 51.0 Å². The maximum Gasteiger partial charge on any atom is 0.270 e. The zero-order valence-corrected chi connectivity index (χ0v) is 15.7. The highest BCUT2D eigenvalue weighted by atomic mass is 19.1. The fourth-order valence-corrected chi connectivity index (χ4v) is 2.97. The highest BCUT2D eigenvalue weighted by Crippen LogP contribution is 2.19. The predicted molar refractivity (Wildman–Crippen MR) is 104 cm³/mol. The van der Waals surface area contributed by atoms with E-state index in [0.717, 1.165) is 44.2 Å². The summed E-state index contributed by atoms with van der Waals surface area (Å²) in [5, 5.41) is 2.87. The molecular formula is C19H25FN6O. The molecule has 8 heteroatoms. The summed E-state index contributed by atoms with van der Waals surface area (Å²) in [6.45, 7) is 4.50. The van der Waals surface area contributed by atoms with Crippen LogP contribution in [-0.2, 0) is 0 Å². The minimum absolute atomic E-state index is 0.189. The van der Waals surface area contributed by atoms with E-state index in [2.05, 4.69) is 25.1 Å². The maximum atomic E-state index is 13.1. The minimum atomic E-state index is -0.227. The van der Waals surface area contributed by atoms with Gasteiger partial charge in [0.1, 0.15) is 23.7 Å². The van der Waals surface area contributed by atoms with Crippen LogP contribution in [0.1, 0.15) is 10.5 Å². The van der Waals surface area contributed by atoms with E-state index in [1.54, 1.807) is 18.2 Å². The number of aromatic nitrogens is 2. The normalized spacial score (nSPS) is 14.5. The highest BCUT2D eigenvalue weighted by molar-refractivity contribution is 5.92. The average molecular weight is 372 g/mol. The van der Waals surface area contributed by atoms with Crippen molar-refractivity contribution < 1.29 is 9.18 Å². The molecule has 1 saturated heterocycles. The quantitative estimate of drug-likeness (QED) is 0.823. The Morgan fingerprint density at radius 2 is 1.78 bits per heavy atom. The monoisotopic (exact) mass is 372 g/mol. The molecule has 0 spiro atoms. The molecule has 144 valence electrons. The summed E-state index contributed by atoms with van der Waals surface area (Å²) in [4.78, 5) is 27.0. The summed E-state index contributed by atoms with van der Waals surface area (Å²) in [6, 6.07) is 8.29. The van der Waals surface area contributed by atoms with Crippen molar-refractivity contribution in [3.63, 3.8) is 0 Å². The van der Waals surface area contributed by atoms with E-state index >= 15 is 0 Å². The molecule has 1 amide bonds. The van der Waals surface area contributed by atoms with Gasteiger partial charge >= 0.3 is 0 Å². The Kier molecular flexibility index (Phi) is 6.18. The number of carbonyl (C=O) groups excluding carboxylic acids is 1. The first-order chi connectivity index (χ1) is 13.0. The zero-order valence-electron chi connectivity index (χ0n) is 15.7. The number of halogens is 1. The molecule has 0 bridgehead atoms. The Morgan fingerprint density at radius 1 is 1.11 bits per heavy atom. The Labute approximate surface area is 158 Å². The fourth-order valence-electron chi connectivity index (χ4n) is 2.97. The van der Waals surface area contributed by atoms with Gasteiger partial charge in [-0.2, -0.15) is 0 Å². The van der Waals surface area contributed by atoms with Crippen molar-refractivity contribution in [2.45, 2.75) is 0 Å². The first kappa shape index (κ1) is 19.0. The number of hydrogen-bond donors (Lipinski definition) is 1. The van der Waals surface area contributed by atoms with Crippen LogP contribution in [0.25, 0.3) is 0 Å². The van der Waals surface area contributed by atoms with Crippen LogP contribution in [0.2, 0.25) is 0 Å². The second-order valence-electron chi connectivity index (χ2n) is 6.77. The van der Waals surface area contributed by atoms with Gasteiger partial charge in [0.15, 0.2) is 0 Å². The lowest BCUT2D eigenvalue weighted by Crippen LogP contribution is -2.47. The van der Waals surface area contributed by atoms with Crippen molar-refractivity contribution in [2.75, 3.05) is 63.2 Å². The van der Waals surface area contributed by atoms with E-state index in [9.17, 15) is 9.18 Å². The number of anilines is 2. The summed E-state index contributed by atoms with van der Waals surface area (Å²) in [5.74, 6) is 0.335. The van der Waals surface area contributed by atoms with Crippen LogP contribution >= 0.6 is 0 Å². The van der Waals surface area contributed by atoms with Crippen molar-refractivity contribution >= 4 is 17.4 Å². The zero-order chi connectivity index (χ0) is 19.2. The summed E-state index contributed by atoms with van der Waals surface area (Å²) in [7, 11) is 3.92. The molecule has 1 N–H and O–H groups in total. The lowest BCUT2D eigenvalue weighted by atomic mass is 10.2. The Morgan fingerprint density at radius 3 is 2.44 bits per heavy atom. The Bertz CT molecular complexity index is 759. The molecule has 1 aliphatic rings. The van der Waals surface area contributed by atoms with Crippen LogP contribution in [0, 0.1) is 5.82 Å². The summed E-state index contributed by atoms with van der Waals surface area (Å²) in [5.41, 5.74) is 1.39. The van der Waals surface area contributed by atoms with E-state index in [0.29, 0.717) is 12.2 Å². The average Bonchev–Trinajstić information content (AvgIpc) is 2.68. The Hall–Kier alpha value is -2.74. The second kappa shape index (κ2) is 8.77. The number of likely N-dealkylation sites (N-methyl/N-ethyl adjacent to an activating group) is 1. The largest absolute Gasteiger partial charge is 0.368 e.